The molecule has 0 unspecified atom stereocenters. The lowest BCUT2D eigenvalue weighted by Crippen LogP contribution is -2.28. The summed E-state index contributed by atoms with van der Waals surface area (Å²) in [5.41, 5.74) is 6.72. The smallest absolute Gasteiger partial charge is 0.0438 e. The van der Waals surface area contributed by atoms with Gasteiger partial charge in [-0.05, 0) is 19.3 Å². The van der Waals surface area contributed by atoms with Crippen LogP contribution in [-0.2, 0) is 0 Å². The van der Waals surface area contributed by atoms with Gasteiger partial charge in [0.1, 0.15) is 0 Å². The van der Waals surface area contributed by atoms with Crippen LogP contribution in [0.2, 0.25) is 0 Å². The number of nitrogens with two attached hydrogens (primary N) is 1. The van der Waals surface area contributed by atoms with Gasteiger partial charge in [-0.2, -0.15) is 0 Å². The molecule has 0 spiro atoms. The number of hydrogen-bond donors (Lipinski definition) is 2. The molecule has 0 aromatic carbocycles. The van der Waals surface area contributed by atoms with Gasteiger partial charge >= 0.3 is 0 Å². The first kappa shape index (κ1) is 6.62. The van der Waals surface area contributed by atoms with Gasteiger partial charge in [0.2, 0.25) is 0 Å². The molecule has 0 radical (unpaired) electrons. The van der Waals surface area contributed by atoms with Crippen molar-refractivity contribution in [2.24, 2.45) is 5.73 Å². The fraction of sp³-hybridized carbons (Fsp3) is 0.714. The third kappa shape index (κ3) is 1.72. The monoisotopic (exact) mass is 126 g/mol. The van der Waals surface area contributed by atoms with Crippen LogP contribution in [0.25, 0.3) is 0 Å². The summed E-state index contributed by atoms with van der Waals surface area (Å²) in [6.45, 7) is 4.87. The van der Waals surface area contributed by atoms with Gasteiger partial charge in [-0.3, -0.25) is 0 Å². The Hall–Kier alpha value is -0.500. The van der Waals surface area contributed by atoms with Crippen molar-refractivity contribution in [3.63, 3.8) is 0 Å². The maximum atomic E-state index is 5.72. The summed E-state index contributed by atoms with van der Waals surface area (Å²) >= 11 is 0. The highest BCUT2D eigenvalue weighted by atomic mass is 14.9. The fourth-order valence-corrected chi connectivity index (χ4v) is 1.04. The number of nitrogens with one attached hydrogen (secondary N) is 1. The average Bonchev–Trinajstić information content (AvgIpc) is 1.99. The Morgan fingerprint density at radius 2 is 2.33 bits per heavy atom. The summed E-state index contributed by atoms with van der Waals surface area (Å²) in [7, 11) is 0. The molecule has 1 heterocycles. The summed E-state index contributed by atoms with van der Waals surface area (Å²) in [5, 5.41) is 3.17. The van der Waals surface area contributed by atoms with Crippen molar-refractivity contribution >= 4 is 0 Å². The molecule has 9 heavy (non-hydrogen) atoms. The first-order chi connectivity index (χ1) is 4.30. The van der Waals surface area contributed by atoms with Crippen LogP contribution in [0, 0.1) is 0 Å². The zero-order chi connectivity index (χ0) is 6.69. The third-order valence-electron chi connectivity index (χ3n) is 1.74. The van der Waals surface area contributed by atoms with Crippen molar-refractivity contribution in [1.82, 2.24) is 5.32 Å². The van der Waals surface area contributed by atoms with Crippen molar-refractivity contribution in [1.29, 1.82) is 0 Å². The fourth-order valence-electron chi connectivity index (χ4n) is 1.04. The minimum absolute atomic E-state index is 0.187. The summed E-state index contributed by atoms with van der Waals surface area (Å²) in [6, 6.07) is 0.187. The van der Waals surface area contributed by atoms with Crippen LogP contribution < -0.4 is 11.1 Å². The Balaban J connectivity index is 2.41. The number of hydrogen-bond acceptors (Lipinski definition) is 2. The van der Waals surface area contributed by atoms with Gasteiger partial charge in [0.15, 0.2) is 0 Å². The second kappa shape index (κ2) is 2.87. The van der Waals surface area contributed by atoms with E-state index in [0.717, 1.165) is 18.7 Å². The quantitative estimate of drug-likeness (QED) is 0.499. The van der Waals surface area contributed by atoms with E-state index in [1.54, 1.807) is 0 Å². The molecule has 0 amide bonds. The molecule has 52 valence electrons. The summed E-state index contributed by atoms with van der Waals surface area (Å²) in [6.07, 6.45) is 3.55. The molecule has 1 fully saturated rings. The molecule has 0 aliphatic carbocycles. The zero-order valence-electron chi connectivity index (χ0n) is 5.69. The molecule has 3 N–H and O–H groups in total. The van der Waals surface area contributed by atoms with E-state index in [0.29, 0.717) is 0 Å². The Morgan fingerprint density at radius 1 is 1.56 bits per heavy atom. The van der Waals surface area contributed by atoms with Gasteiger partial charge in [0.25, 0.3) is 0 Å². The highest BCUT2D eigenvalue weighted by Crippen LogP contribution is 2.07. The standard InChI is InChI=1S/C7H14N2/c1-6-7(8)4-2-3-5-9-6/h7,9H,1-5,8H2/t7-/m0/s1. The molecule has 2 nitrogen and oxygen atoms in total. The maximum absolute atomic E-state index is 5.72. The largest absolute Gasteiger partial charge is 0.388 e. The summed E-state index contributed by atoms with van der Waals surface area (Å²) < 4.78 is 0. The van der Waals surface area contributed by atoms with Gasteiger partial charge in [0.05, 0.1) is 0 Å². The zero-order valence-corrected chi connectivity index (χ0v) is 5.69. The number of rotatable bonds is 0. The van der Waals surface area contributed by atoms with E-state index in [9.17, 15) is 0 Å². The maximum Gasteiger partial charge on any atom is 0.0438 e. The molecule has 1 saturated heterocycles. The molecule has 0 aromatic rings. The molecule has 1 aliphatic rings. The first-order valence-corrected chi connectivity index (χ1v) is 3.49. The topological polar surface area (TPSA) is 38.0 Å². The van der Waals surface area contributed by atoms with E-state index < -0.39 is 0 Å². The lowest BCUT2D eigenvalue weighted by Gasteiger charge is -2.10. The minimum atomic E-state index is 0.187. The Bertz CT molecular complexity index is 109. The highest BCUT2D eigenvalue weighted by Gasteiger charge is 2.08. The second-order valence-electron chi connectivity index (χ2n) is 2.55. The van der Waals surface area contributed by atoms with Gasteiger partial charge < -0.3 is 11.1 Å². The van der Waals surface area contributed by atoms with Crippen molar-refractivity contribution in [3.05, 3.63) is 12.3 Å². The predicted octanol–water partition coefficient (Wildman–Crippen LogP) is 0.601. The molecule has 2 heteroatoms. The van der Waals surface area contributed by atoms with Crippen LogP contribution in [0.1, 0.15) is 19.3 Å². The van der Waals surface area contributed by atoms with Crippen molar-refractivity contribution in [3.8, 4) is 0 Å². The molecule has 0 saturated carbocycles. The Morgan fingerprint density at radius 3 is 3.11 bits per heavy atom. The molecule has 1 atom stereocenters. The molecular formula is C7H14N2. The van der Waals surface area contributed by atoms with E-state index in [4.69, 9.17) is 5.73 Å². The molecular weight excluding hydrogens is 112 g/mol. The second-order valence-corrected chi connectivity index (χ2v) is 2.55. The van der Waals surface area contributed by atoms with Crippen LogP contribution in [0.4, 0.5) is 0 Å². The van der Waals surface area contributed by atoms with Gasteiger partial charge in [-0.1, -0.05) is 6.58 Å². The van der Waals surface area contributed by atoms with Crippen LogP contribution in [0.15, 0.2) is 12.3 Å². The normalized spacial score (nSPS) is 29.0. The third-order valence-corrected chi connectivity index (χ3v) is 1.74. The lowest BCUT2D eigenvalue weighted by molar-refractivity contribution is 0.663. The summed E-state index contributed by atoms with van der Waals surface area (Å²) in [5.74, 6) is 0. The minimum Gasteiger partial charge on any atom is -0.388 e. The lowest BCUT2D eigenvalue weighted by atomic mass is 10.1. The highest BCUT2D eigenvalue weighted by molar-refractivity contribution is 5.02. The van der Waals surface area contributed by atoms with Crippen molar-refractivity contribution < 1.29 is 0 Å². The van der Waals surface area contributed by atoms with E-state index in [2.05, 4.69) is 11.9 Å². The molecule has 0 bridgehead atoms. The van der Waals surface area contributed by atoms with Gasteiger partial charge in [0, 0.05) is 18.3 Å². The van der Waals surface area contributed by atoms with E-state index in [1.165, 1.54) is 12.8 Å². The Labute approximate surface area is 56.1 Å². The molecule has 0 aromatic heterocycles. The molecule has 1 aliphatic heterocycles. The first-order valence-electron chi connectivity index (χ1n) is 3.49. The Kier molecular flexibility index (Phi) is 2.11. The van der Waals surface area contributed by atoms with Crippen LogP contribution in [0.3, 0.4) is 0 Å². The van der Waals surface area contributed by atoms with Crippen LogP contribution >= 0.6 is 0 Å². The van der Waals surface area contributed by atoms with E-state index in [-0.39, 0.29) is 6.04 Å². The summed E-state index contributed by atoms with van der Waals surface area (Å²) in [4.78, 5) is 0. The van der Waals surface area contributed by atoms with Gasteiger partial charge in [-0.25, -0.2) is 0 Å². The average molecular weight is 126 g/mol. The van der Waals surface area contributed by atoms with Crippen molar-refractivity contribution in [2.45, 2.75) is 25.3 Å². The van der Waals surface area contributed by atoms with Crippen LogP contribution in [-0.4, -0.2) is 12.6 Å². The molecule has 1 rings (SSSR count). The van der Waals surface area contributed by atoms with E-state index >= 15 is 0 Å². The predicted molar refractivity (Wildman–Crippen MR) is 39.0 cm³/mol. The van der Waals surface area contributed by atoms with E-state index in [1.807, 2.05) is 0 Å². The van der Waals surface area contributed by atoms with Crippen molar-refractivity contribution in [2.75, 3.05) is 6.54 Å². The van der Waals surface area contributed by atoms with Gasteiger partial charge in [-0.15, -0.1) is 0 Å². The SMILES string of the molecule is C=C1NCCCC[C@@H]1N. The van der Waals surface area contributed by atoms with Crippen LogP contribution in [0.5, 0.6) is 0 Å².